The molecule has 0 bridgehead atoms. The summed E-state index contributed by atoms with van der Waals surface area (Å²) in [7, 11) is -0.385. The maximum Gasteiger partial charge on any atom is 0.494 e. The van der Waals surface area contributed by atoms with Crippen LogP contribution in [0.5, 0.6) is 0 Å². The Morgan fingerprint density at radius 2 is 1.79 bits per heavy atom. The van der Waals surface area contributed by atoms with Crippen LogP contribution in [-0.2, 0) is 20.6 Å². The Hall–Kier alpha value is -2.03. The molecule has 3 rings (SSSR count). The van der Waals surface area contributed by atoms with E-state index in [1.807, 2.05) is 51.8 Å². The van der Waals surface area contributed by atoms with Crippen LogP contribution >= 0.6 is 0 Å². The maximum atomic E-state index is 12.5. The number of nitrogens with one attached hydrogen (secondary N) is 3. The van der Waals surface area contributed by atoms with Crippen molar-refractivity contribution in [3.8, 4) is 0 Å². The molecule has 29 heavy (non-hydrogen) atoms. The highest BCUT2D eigenvalue weighted by Crippen LogP contribution is 2.36. The number of carbonyl (C=O) groups excluding carboxylic acids is 1. The first-order chi connectivity index (χ1) is 13.3. The van der Waals surface area contributed by atoms with Crippen LogP contribution < -0.4 is 21.7 Å². The third kappa shape index (κ3) is 4.44. The van der Waals surface area contributed by atoms with Crippen molar-refractivity contribution in [3.63, 3.8) is 0 Å². The minimum absolute atomic E-state index is 0.130. The summed E-state index contributed by atoms with van der Waals surface area (Å²) in [6.07, 6.45) is 1.78. The number of aryl methyl sites for hydroxylation is 1. The predicted octanol–water partition coefficient (Wildman–Crippen LogP) is 1.88. The van der Waals surface area contributed by atoms with E-state index in [0.717, 1.165) is 16.6 Å². The molecule has 1 fully saturated rings. The lowest BCUT2D eigenvalue weighted by Crippen LogP contribution is -2.47. The number of amides is 1. The van der Waals surface area contributed by atoms with Crippen LogP contribution in [0.1, 0.15) is 59.6 Å². The van der Waals surface area contributed by atoms with Crippen LogP contribution in [0, 0.1) is 6.92 Å². The Bertz CT molecular complexity index is 814. The van der Waals surface area contributed by atoms with E-state index in [1.54, 1.807) is 6.20 Å². The van der Waals surface area contributed by atoms with Gasteiger partial charge in [0.05, 0.1) is 11.2 Å². The maximum absolute atomic E-state index is 12.5. The summed E-state index contributed by atoms with van der Waals surface area (Å²) in [4.78, 5) is 12.5. The SMILES string of the molecule is Cc1cc(B2OC(C)(C)C(C)(C)O2)ccc1CNC(=O)C1=CN(C(C)(C)C)NN1. The van der Waals surface area contributed by atoms with Gasteiger partial charge in [0.1, 0.15) is 5.70 Å². The Morgan fingerprint density at radius 1 is 1.17 bits per heavy atom. The molecule has 0 radical (unpaired) electrons. The number of hydrazine groups is 2. The molecule has 0 unspecified atom stereocenters. The van der Waals surface area contributed by atoms with Gasteiger partial charge in [-0.25, -0.2) is 0 Å². The van der Waals surface area contributed by atoms with Gasteiger partial charge < -0.3 is 14.6 Å². The van der Waals surface area contributed by atoms with E-state index in [2.05, 4.69) is 43.1 Å². The van der Waals surface area contributed by atoms with E-state index in [0.29, 0.717) is 12.2 Å². The van der Waals surface area contributed by atoms with Crippen molar-refractivity contribution in [2.75, 3.05) is 0 Å². The number of benzene rings is 1. The highest BCUT2D eigenvalue weighted by Gasteiger charge is 2.51. The summed E-state index contributed by atoms with van der Waals surface area (Å²) in [6.45, 7) is 16.8. The third-order valence-corrected chi connectivity index (χ3v) is 5.87. The lowest BCUT2D eigenvalue weighted by molar-refractivity contribution is -0.118. The van der Waals surface area contributed by atoms with Gasteiger partial charge in [0.15, 0.2) is 0 Å². The molecular formula is C21H33BN4O3. The van der Waals surface area contributed by atoms with E-state index in [-0.39, 0.29) is 29.8 Å². The summed E-state index contributed by atoms with van der Waals surface area (Å²) in [6, 6.07) is 6.10. The number of carbonyl (C=O) groups is 1. The Labute approximate surface area is 174 Å². The van der Waals surface area contributed by atoms with Gasteiger partial charge in [0.25, 0.3) is 5.91 Å². The minimum Gasteiger partial charge on any atom is -0.399 e. The highest BCUT2D eigenvalue weighted by atomic mass is 16.7. The largest absolute Gasteiger partial charge is 0.494 e. The van der Waals surface area contributed by atoms with Crippen LogP contribution in [0.2, 0.25) is 0 Å². The van der Waals surface area contributed by atoms with Crippen LogP contribution in [0.25, 0.3) is 0 Å². The zero-order valence-electron chi connectivity index (χ0n) is 18.8. The molecule has 1 amide bonds. The van der Waals surface area contributed by atoms with Crippen LogP contribution in [0.3, 0.4) is 0 Å². The van der Waals surface area contributed by atoms with Gasteiger partial charge >= 0.3 is 7.12 Å². The van der Waals surface area contributed by atoms with E-state index in [4.69, 9.17) is 9.31 Å². The highest BCUT2D eigenvalue weighted by molar-refractivity contribution is 6.62. The van der Waals surface area contributed by atoms with Crippen molar-refractivity contribution in [3.05, 3.63) is 41.2 Å². The molecule has 0 spiro atoms. The van der Waals surface area contributed by atoms with Gasteiger partial charge in [0.2, 0.25) is 0 Å². The van der Waals surface area contributed by atoms with E-state index in [1.165, 1.54) is 0 Å². The minimum atomic E-state index is -0.385. The fourth-order valence-electron chi connectivity index (χ4n) is 3.10. The molecule has 0 aromatic heterocycles. The standard InChI is InChI=1S/C21H33BN4O3/c1-14-11-16(22-28-20(5,6)21(7,8)29-22)10-9-15(14)12-23-18(27)17-13-26(25-24-17)19(2,3)4/h9-11,13,24-25H,12H2,1-8H3,(H,23,27). The zero-order valence-corrected chi connectivity index (χ0v) is 18.8. The predicted molar refractivity (Wildman–Crippen MR) is 115 cm³/mol. The molecule has 2 heterocycles. The van der Waals surface area contributed by atoms with Crippen molar-refractivity contribution in [1.29, 1.82) is 0 Å². The average molecular weight is 400 g/mol. The number of rotatable bonds is 4. The van der Waals surface area contributed by atoms with Crippen molar-refractivity contribution in [2.24, 2.45) is 0 Å². The van der Waals surface area contributed by atoms with Gasteiger partial charge in [-0.15, -0.1) is 5.53 Å². The fraction of sp³-hybridized carbons (Fsp3) is 0.571. The molecule has 2 aliphatic heterocycles. The number of hydrogen-bond donors (Lipinski definition) is 3. The molecule has 1 saturated heterocycles. The molecule has 158 valence electrons. The molecule has 1 aromatic carbocycles. The molecule has 2 aliphatic rings. The topological polar surface area (TPSA) is 74.9 Å². The molecule has 3 N–H and O–H groups in total. The fourth-order valence-corrected chi connectivity index (χ4v) is 3.10. The molecule has 8 heteroatoms. The van der Waals surface area contributed by atoms with Gasteiger partial charge in [-0.2, -0.15) is 0 Å². The van der Waals surface area contributed by atoms with E-state index in [9.17, 15) is 4.79 Å². The summed E-state index contributed by atoms with van der Waals surface area (Å²) in [5, 5.41) is 4.84. The summed E-state index contributed by atoms with van der Waals surface area (Å²) < 4.78 is 12.3. The Kier molecular flexibility index (Phi) is 5.49. The zero-order chi connectivity index (χ0) is 21.6. The smallest absolute Gasteiger partial charge is 0.399 e. The first-order valence-electron chi connectivity index (χ1n) is 10.1. The van der Waals surface area contributed by atoms with Crippen molar-refractivity contribution >= 4 is 18.5 Å². The quantitative estimate of drug-likeness (QED) is 0.671. The Balaban J connectivity index is 1.63. The first-order valence-corrected chi connectivity index (χ1v) is 10.1. The van der Waals surface area contributed by atoms with E-state index < -0.39 is 0 Å². The second kappa shape index (κ2) is 7.34. The monoisotopic (exact) mass is 400 g/mol. The second-order valence-electron chi connectivity index (χ2n) is 9.78. The molecular weight excluding hydrogens is 367 g/mol. The first kappa shape index (κ1) is 21.7. The van der Waals surface area contributed by atoms with Crippen molar-refractivity contribution in [1.82, 2.24) is 21.3 Å². The molecule has 7 nitrogen and oxygen atoms in total. The summed E-state index contributed by atoms with van der Waals surface area (Å²) in [5.74, 6) is -0.154. The van der Waals surface area contributed by atoms with Crippen LogP contribution in [-0.4, -0.2) is 34.8 Å². The Morgan fingerprint density at radius 3 is 2.31 bits per heavy atom. The van der Waals surface area contributed by atoms with Crippen LogP contribution in [0.4, 0.5) is 0 Å². The van der Waals surface area contributed by atoms with Gasteiger partial charge in [-0.3, -0.25) is 15.2 Å². The van der Waals surface area contributed by atoms with Gasteiger partial charge in [-0.1, -0.05) is 18.2 Å². The lowest BCUT2D eigenvalue weighted by Gasteiger charge is -2.32. The molecule has 1 aromatic rings. The van der Waals surface area contributed by atoms with Gasteiger partial charge in [-0.05, 0) is 72.0 Å². The average Bonchev–Trinajstić information content (AvgIpc) is 3.16. The molecule has 0 aliphatic carbocycles. The number of hydrogen-bond acceptors (Lipinski definition) is 6. The summed E-state index contributed by atoms with van der Waals surface area (Å²) in [5.41, 5.74) is 8.66. The summed E-state index contributed by atoms with van der Waals surface area (Å²) >= 11 is 0. The van der Waals surface area contributed by atoms with Crippen molar-refractivity contribution in [2.45, 2.75) is 78.7 Å². The molecule has 0 saturated carbocycles. The second-order valence-corrected chi connectivity index (χ2v) is 9.78. The molecule has 0 atom stereocenters. The van der Waals surface area contributed by atoms with E-state index >= 15 is 0 Å². The lowest BCUT2D eigenvalue weighted by atomic mass is 9.78. The number of nitrogens with zero attached hydrogens (tertiary/aromatic N) is 1. The van der Waals surface area contributed by atoms with Gasteiger partial charge in [0, 0.05) is 18.3 Å². The van der Waals surface area contributed by atoms with Crippen LogP contribution in [0.15, 0.2) is 30.1 Å². The van der Waals surface area contributed by atoms with Crippen molar-refractivity contribution < 1.29 is 14.1 Å². The third-order valence-electron chi connectivity index (χ3n) is 5.87. The normalized spacial score (nSPS) is 20.5.